The van der Waals surface area contributed by atoms with E-state index in [2.05, 4.69) is 14.7 Å². The van der Waals surface area contributed by atoms with Crippen molar-refractivity contribution < 1.29 is 13.2 Å². The Labute approximate surface area is 175 Å². The van der Waals surface area contributed by atoms with E-state index in [0.717, 1.165) is 16.4 Å². The summed E-state index contributed by atoms with van der Waals surface area (Å²) < 4.78 is 34.5. The number of hydrogen-bond donors (Lipinski definition) is 1. The summed E-state index contributed by atoms with van der Waals surface area (Å²) in [5.41, 5.74) is 1.89. The molecular weight excluding hydrogens is 412 g/mol. The van der Waals surface area contributed by atoms with E-state index in [1.807, 2.05) is 30.7 Å². The molecule has 0 radical (unpaired) electrons. The third-order valence-electron chi connectivity index (χ3n) is 4.15. The highest BCUT2D eigenvalue weighted by molar-refractivity contribution is 7.92. The van der Waals surface area contributed by atoms with Gasteiger partial charge in [0.15, 0.2) is 0 Å². The molecule has 1 N–H and O–H groups in total. The smallest absolute Gasteiger partial charge is 0.232 e. The molecule has 0 aliphatic rings. The number of ether oxygens (including phenoxy) is 1. The van der Waals surface area contributed by atoms with Crippen molar-refractivity contribution in [3.8, 4) is 11.5 Å². The van der Waals surface area contributed by atoms with E-state index in [0.29, 0.717) is 24.5 Å². The number of halogens is 1. The van der Waals surface area contributed by atoms with Gasteiger partial charge in [-0.15, -0.1) is 0 Å². The SMILES string of the molecule is CCCS(=O)(=O)Nc1cccc(Oc2ccc3ncn(C)c(=NCC)c3c2)c1Cl. The Balaban J connectivity index is 1.98. The van der Waals surface area contributed by atoms with Crippen molar-refractivity contribution in [1.29, 1.82) is 0 Å². The maximum Gasteiger partial charge on any atom is 0.232 e. The van der Waals surface area contributed by atoms with Crippen molar-refractivity contribution in [2.24, 2.45) is 12.0 Å². The third-order valence-corrected chi connectivity index (χ3v) is 6.02. The molecule has 0 saturated carbocycles. The molecule has 1 heterocycles. The molecule has 0 atom stereocenters. The van der Waals surface area contributed by atoms with Crippen LogP contribution in [0.1, 0.15) is 20.3 Å². The van der Waals surface area contributed by atoms with Gasteiger partial charge >= 0.3 is 0 Å². The van der Waals surface area contributed by atoms with Crippen LogP contribution in [0, 0.1) is 0 Å². The standard InChI is InChI=1S/C20H23ClN4O3S/c1-4-11-29(26,27)24-17-7-6-8-18(19(17)21)28-14-9-10-16-15(12-14)20(22-5-2)25(3)13-23-16/h6-10,12-13,24H,4-5,11H2,1-3H3. The Morgan fingerprint density at radius 2 is 2.03 bits per heavy atom. The van der Waals surface area contributed by atoms with Crippen molar-refractivity contribution in [3.63, 3.8) is 0 Å². The van der Waals surface area contributed by atoms with Crippen molar-refractivity contribution in [2.45, 2.75) is 20.3 Å². The summed E-state index contributed by atoms with van der Waals surface area (Å²) in [7, 11) is -1.57. The molecule has 1 aromatic heterocycles. The molecule has 7 nitrogen and oxygen atoms in total. The van der Waals surface area contributed by atoms with Gasteiger partial charge in [0.05, 0.1) is 23.3 Å². The van der Waals surface area contributed by atoms with Gasteiger partial charge in [0.2, 0.25) is 10.0 Å². The first-order valence-corrected chi connectivity index (χ1v) is 11.3. The number of aromatic nitrogens is 2. The average Bonchev–Trinajstić information content (AvgIpc) is 2.67. The van der Waals surface area contributed by atoms with Gasteiger partial charge in [-0.05, 0) is 43.7 Å². The molecule has 0 aliphatic carbocycles. The molecule has 0 aliphatic heterocycles. The number of rotatable bonds is 7. The van der Waals surface area contributed by atoms with Crippen molar-refractivity contribution in [3.05, 3.63) is 53.2 Å². The normalized spacial score (nSPS) is 12.3. The first-order chi connectivity index (χ1) is 13.8. The Bertz CT molecular complexity index is 1210. The first-order valence-electron chi connectivity index (χ1n) is 9.27. The number of fused-ring (bicyclic) bond motifs is 1. The fourth-order valence-corrected chi connectivity index (χ4v) is 4.31. The van der Waals surface area contributed by atoms with E-state index in [4.69, 9.17) is 16.3 Å². The summed E-state index contributed by atoms with van der Waals surface area (Å²) in [6.45, 7) is 4.41. The van der Waals surface area contributed by atoms with Crippen LogP contribution >= 0.6 is 11.6 Å². The number of benzene rings is 2. The summed E-state index contributed by atoms with van der Waals surface area (Å²) >= 11 is 6.40. The second kappa shape index (κ2) is 8.84. The van der Waals surface area contributed by atoms with E-state index < -0.39 is 10.0 Å². The summed E-state index contributed by atoms with van der Waals surface area (Å²) in [4.78, 5) is 8.94. The minimum atomic E-state index is -3.46. The largest absolute Gasteiger partial charge is 0.456 e. The zero-order valence-corrected chi connectivity index (χ0v) is 18.1. The van der Waals surface area contributed by atoms with Crippen LogP contribution in [0.4, 0.5) is 5.69 Å². The molecule has 154 valence electrons. The van der Waals surface area contributed by atoms with Gasteiger partial charge in [0.1, 0.15) is 22.0 Å². The van der Waals surface area contributed by atoms with Crippen LogP contribution in [0.25, 0.3) is 10.9 Å². The fourth-order valence-electron chi connectivity index (χ4n) is 2.89. The predicted octanol–water partition coefficient (Wildman–Crippen LogP) is 4.09. The second-order valence-corrected chi connectivity index (χ2v) is 8.69. The summed E-state index contributed by atoms with van der Waals surface area (Å²) in [5, 5.41) is 1.05. The number of anilines is 1. The second-order valence-electron chi connectivity index (χ2n) is 6.47. The molecule has 3 aromatic rings. The van der Waals surface area contributed by atoms with E-state index in [-0.39, 0.29) is 16.5 Å². The highest BCUT2D eigenvalue weighted by Crippen LogP contribution is 2.36. The van der Waals surface area contributed by atoms with E-state index in [9.17, 15) is 8.42 Å². The van der Waals surface area contributed by atoms with Crippen molar-refractivity contribution >= 4 is 38.2 Å². The summed E-state index contributed by atoms with van der Waals surface area (Å²) in [5.74, 6) is 0.922. The lowest BCUT2D eigenvalue weighted by Gasteiger charge is -2.13. The van der Waals surface area contributed by atoms with Gasteiger partial charge in [0, 0.05) is 19.0 Å². The Hall–Kier alpha value is -2.58. The molecule has 9 heteroatoms. The molecule has 0 unspecified atom stereocenters. The van der Waals surface area contributed by atoms with Crippen LogP contribution in [0.5, 0.6) is 11.5 Å². The van der Waals surface area contributed by atoms with Crippen LogP contribution in [0.15, 0.2) is 47.7 Å². The molecule has 0 fully saturated rings. The van der Waals surface area contributed by atoms with Crippen molar-refractivity contribution in [1.82, 2.24) is 9.55 Å². The monoisotopic (exact) mass is 434 g/mol. The molecular formula is C20H23ClN4O3S. The molecule has 0 saturated heterocycles. The van der Waals surface area contributed by atoms with Gasteiger partial charge in [-0.25, -0.2) is 13.4 Å². The predicted molar refractivity (Wildman–Crippen MR) is 116 cm³/mol. The topological polar surface area (TPSA) is 85.6 Å². The molecule has 0 amide bonds. The average molecular weight is 435 g/mol. The summed E-state index contributed by atoms with van der Waals surface area (Å²) in [6, 6.07) is 10.5. The maximum absolute atomic E-state index is 12.1. The third kappa shape index (κ3) is 4.89. The number of nitrogens with one attached hydrogen (secondary N) is 1. The molecule has 0 bridgehead atoms. The number of hydrogen-bond acceptors (Lipinski definition) is 5. The number of sulfonamides is 1. The highest BCUT2D eigenvalue weighted by Gasteiger charge is 2.15. The van der Waals surface area contributed by atoms with Gasteiger partial charge in [0.25, 0.3) is 0 Å². The molecule has 0 spiro atoms. The van der Waals surface area contributed by atoms with Crippen molar-refractivity contribution in [2.75, 3.05) is 17.0 Å². The highest BCUT2D eigenvalue weighted by atomic mass is 35.5. The van der Waals surface area contributed by atoms with Crippen LogP contribution in [0.3, 0.4) is 0 Å². The van der Waals surface area contributed by atoms with E-state index in [1.54, 1.807) is 37.5 Å². The lowest BCUT2D eigenvalue weighted by atomic mass is 10.2. The van der Waals surface area contributed by atoms with Gasteiger partial charge < -0.3 is 9.30 Å². The quantitative estimate of drug-likeness (QED) is 0.606. The maximum atomic E-state index is 12.1. The first kappa shape index (κ1) is 21.1. The molecule has 3 rings (SSSR count). The Morgan fingerprint density at radius 1 is 1.24 bits per heavy atom. The lowest BCUT2D eigenvalue weighted by molar-refractivity contribution is 0.484. The van der Waals surface area contributed by atoms with Gasteiger partial charge in [-0.1, -0.05) is 24.6 Å². The van der Waals surface area contributed by atoms with E-state index in [1.165, 1.54) is 0 Å². The van der Waals surface area contributed by atoms with Gasteiger partial charge in [-0.2, -0.15) is 0 Å². The molecule has 2 aromatic carbocycles. The summed E-state index contributed by atoms with van der Waals surface area (Å²) in [6.07, 6.45) is 2.23. The fraction of sp³-hybridized carbons (Fsp3) is 0.300. The minimum absolute atomic E-state index is 0.0206. The number of nitrogens with zero attached hydrogens (tertiary/aromatic N) is 3. The number of aryl methyl sites for hydroxylation is 1. The lowest BCUT2D eigenvalue weighted by Crippen LogP contribution is -2.19. The minimum Gasteiger partial charge on any atom is -0.456 e. The zero-order chi connectivity index (χ0) is 21.0. The van der Waals surface area contributed by atoms with Crippen LogP contribution in [0.2, 0.25) is 5.02 Å². The molecule has 29 heavy (non-hydrogen) atoms. The van der Waals surface area contributed by atoms with Crippen LogP contribution < -0.4 is 14.9 Å². The Morgan fingerprint density at radius 3 is 2.76 bits per heavy atom. The van der Waals surface area contributed by atoms with Crippen LogP contribution in [-0.4, -0.2) is 30.3 Å². The van der Waals surface area contributed by atoms with Crippen LogP contribution in [-0.2, 0) is 17.1 Å². The van der Waals surface area contributed by atoms with Gasteiger partial charge in [-0.3, -0.25) is 9.71 Å². The Kier molecular flexibility index (Phi) is 6.44. The van der Waals surface area contributed by atoms with E-state index >= 15 is 0 Å². The zero-order valence-electron chi connectivity index (χ0n) is 16.5.